The minimum absolute atomic E-state index is 0.0637. The lowest BCUT2D eigenvalue weighted by Crippen LogP contribution is -2.33. The van der Waals surface area contributed by atoms with Gasteiger partial charge in [0.1, 0.15) is 6.10 Å². The number of hydrogen-bond donors (Lipinski definition) is 1. The van der Waals surface area contributed by atoms with Crippen molar-refractivity contribution in [3.8, 4) is 0 Å². The molecule has 0 bridgehead atoms. The molecule has 3 aliphatic rings. The Kier molecular flexibility index (Phi) is 2.46. The van der Waals surface area contributed by atoms with Gasteiger partial charge in [-0.1, -0.05) is 18.7 Å². The summed E-state index contributed by atoms with van der Waals surface area (Å²) in [5.41, 5.74) is 1.07. The fourth-order valence-electron chi connectivity index (χ4n) is 4.01. The van der Waals surface area contributed by atoms with E-state index in [0.29, 0.717) is 11.5 Å². The molecule has 3 fully saturated rings. The van der Waals surface area contributed by atoms with Crippen LogP contribution in [0.3, 0.4) is 0 Å². The van der Waals surface area contributed by atoms with Crippen LogP contribution in [0.5, 0.6) is 0 Å². The van der Waals surface area contributed by atoms with E-state index in [2.05, 4.69) is 13.2 Å². The zero-order valence-electron chi connectivity index (χ0n) is 10.8. The molecule has 18 heavy (non-hydrogen) atoms. The molecule has 0 aromatic rings. The highest BCUT2D eigenvalue weighted by atomic mass is 16.6. The van der Waals surface area contributed by atoms with Gasteiger partial charge >= 0.3 is 5.97 Å². The van der Waals surface area contributed by atoms with Crippen molar-refractivity contribution in [3.05, 3.63) is 24.3 Å². The van der Waals surface area contributed by atoms with Gasteiger partial charge in [0, 0.05) is 17.9 Å². The Labute approximate surface area is 108 Å². The van der Waals surface area contributed by atoms with Crippen LogP contribution < -0.4 is 0 Å². The molecule has 1 aliphatic heterocycles. The van der Waals surface area contributed by atoms with Crippen molar-refractivity contribution in [3.63, 3.8) is 0 Å². The average molecular weight is 248 g/mol. The minimum Gasteiger partial charge on any atom is -0.458 e. The monoisotopic (exact) mass is 248 g/mol. The number of esters is 1. The molecule has 0 radical (unpaired) electrons. The number of ether oxygens (including phenoxy) is 1. The molecule has 2 aliphatic carbocycles. The zero-order valence-corrected chi connectivity index (χ0v) is 10.8. The van der Waals surface area contributed by atoms with Crippen LogP contribution in [0, 0.1) is 17.8 Å². The molecular formula is C15H20O3. The highest BCUT2D eigenvalue weighted by Gasteiger charge is 2.52. The number of hydrogen-bond acceptors (Lipinski definition) is 3. The topological polar surface area (TPSA) is 46.5 Å². The molecule has 0 spiro atoms. The van der Waals surface area contributed by atoms with E-state index < -0.39 is 5.60 Å². The molecular weight excluding hydrogens is 228 g/mol. The van der Waals surface area contributed by atoms with E-state index in [1.54, 1.807) is 0 Å². The molecule has 0 aromatic heterocycles. The summed E-state index contributed by atoms with van der Waals surface area (Å²) in [7, 11) is 0. The lowest BCUT2D eigenvalue weighted by molar-refractivity contribution is -0.139. The molecule has 0 unspecified atom stereocenters. The van der Waals surface area contributed by atoms with Crippen molar-refractivity contribution in [2.45, 2.75) is 44.3 Å². The summed E-state index contributed by atoms with van der Waals surface area (Å²) >= 11 is 0. The van der Waals surface area contributed by atoms with E-state index in [9.17, 15) is 9.90 Å². The number of carbonyl (C=O) groups is 1. The van der Waals surface area contributed by atoms with Crippen molar-refractivity contribution >= 4 is 5.97 Å². The van der Waals surface area contributed by atoms with Crippen molar-refractivity contribution in [1.82, 2.24) is 0 Å². The van der Waals surface area contributed by atoms with Crippen molar-refractivity contribution in [1.29, 1.82) is 0 Å². The van der Waals surface area contributed by atoms with Gasteiger partial charge < -0.3 is 9.84 Å². The number of aliphatic hydroxyl groups is 1. The Hall–Kier alpha value is -1.09. The van der Waals surface area contributed by atoms with Crippen LogP contribution in [0.2, 0.25) is 0 Å². The summed E-state index contributed by atoms with van der Waals surface area (Å²) in [6.45, 7) is 9.93. The summed E-state index contributed by atoms with van der Waals surface area (Å²) in [4.78, 5) is 11.6. The van der Waals surface area contributed by atoms with E-state index in [0.717, 1.165) is 31.3 Å². The predicted molar refractivity (Wildman–Crippen MR) is 67.7 cm³/mol. The van der Waals surface area contributed by atoms with Gasteiger partial charge in [0.25, 0.3) is 0 Å². The van der Waals surface area contributed by atoms with Gasteiger partial charge in [-0.05, 0) is 38.0 Å². The molecule has 0 aromatic carbocycles. The van der Waals surface area contributed by atoms with E-state index in [4.69, 9.17) is 4.74 Å². The average Bonchev–Trinajstić information content (AvgIpc) is 2.65. The predicted octanol–water partition coefficient (Wildman–Crippen LogP) is 2.21. The molecule has 3 rings (SSSR count). The molecule has 3 nitrogen and oxygen atoms in total. The maximum atomic E-state index is 11.6. The largest absolute Gasteiger partial charge is 0.458 e. The maximum absolute atomic E-state index is 11.6. The van der Waals surface area contributed by atoms with E-state index in [1.807, 2.05) is 6.92 Å². The molecule has 1 N–H and O–H groups in total. The second-order valence-corrected chi connectivity index (χ2v) is 6.28. The normalized spacial score (nSPS) is 47.6. The highest BCUT2D eigenvalue weighted by Crippen LogP contribution is 2.52. The van der Waals surface area contributed by atoms with E-state index >= 15 is 0 Å². The standard InChI is InChI=1S/C15H20O3/c1-8-6-13-11(9(2)14(16)18-13)7-12-10(8)4-5-15(12,3)17/h10-13,17H,1-2,4-7H2,3H3/t10-,11-,12-,13-,15-/m1/s1. The van der Waals surface area contributed by atoms with Gasteiger partial charge in [-0.25, -0.2) is 4.79 Å². The Morgan fingerprint density at radius 1 is 1.39 bits per heavy atom. The quantitative estimate of drug-likeness (QED) is 0.406. The first-order chi connectivity index (χ1) is 8.40. The van der Waals surface area contributed by atoms with Crippen LogP contribution in [-0.2, 0) is 9.53 Å². The zero-order chi connectivity index (χ0) is 13.1. The molecule has 1 heterocycles. The molecule has 1 saturated heterocycles. The van der Waals surface area contributed by atoms with Crippen molar-refractivity contribution < 1.29 is 14.6 Å². The Morgan fingerprint density at radius 3 is 2.83 bits per heavy atom. The maximum Gasteiger partial charge on any atom is 0.334 e. The SMILES string of the molecule is C=C1C[C@H]2OC(=O)C(=C)[C@H]2C[C@@H]2[C@@H]1CC[C@@]2(C)O. The minimum atomic E-state index is -0.644. The van der Waals surface area contributed by atoms with Gasteiger partial charge in [0.05, 0.1) is 5.60 Å². The molecule has 0 amide bonds. The highest BCUT2D eigenvalue weighted by molar-refractivity contribution is 5.90. The van der Waals surface area contributed by atoms with Crippen molar-refractivity contribution in [2.24, 2.45) is 17.8 Å². The lowest BCUT2D eigenvalue weighted by Gasteiger charge is -2.30. The first kappa shape index (κ1) is 12.0. The van der Waals surface area contributed by atoms with Gasteiger partial charge in [0.15, 0.2) is 0 Å². The Morgan fingerprint density at radius 2 is 2.11 bits per heavy atom. The third-order valence-corrected chi connectivity index (χ3v) is 5.16. The van der Waals surface area contributed by atoms with Crippen LogP contribution in [-0.4, -0.2) is 22.8 Å². The number of fused-ring (bicyclic) bond motifs is 2. The number of carbonyl (C=O) groups excluding carboxylic acids is 1. The smallest absolute Gasteiger partial charge is 0.334 e. The number of rotatable bonds is 0. The molecule has 5 atom stereocenters. The third-order valence-electron chi connectivity index (χ3n) is 5.16. The van der Waals surface area contributed by atoms with E-state index in [1.165, 1.54) is 0 Å². The second-order valence-electron chi connectivity index (χ2n) is 6.28. The van der Waals surface area contributed by atoms with E-state index in [-0.39, 0.29) is 23.9 Å². The molecule has 2 saturated carbocycles. The summed E-state index contributed by atoms with van der Waals surface area (Å²) in [5, 5.41) is 10.5. The molecule has 98 valence electrons. The fraction of sp³-hybridized carbons (Fsp3) is 0.667. The Balaban J connectivity index is 1.94. The van der Waals surface area contributed by atoms with Gasteiger partial charge in [-0.2, -0.15) is 0 Å². The molecule has 3 heteroatoms. The first-order valence-corrected chi connectivity index (χ1v) is 6.70. The third kappa shape index (κ3) is 1.57. The van der Waals surface area contributed by atoms with Crippen LogP contribution in [0.25, 0.3) is 0 Å². The second kappa shape index (κ2) is 3.70. The van der Waals surface area contributed by atoms with Gasteiger partial charge in [-0.15, -0.1) is 0 Å². The lowest BCUT2D eigenvalue weighted by atomic mass is 9.79. The summed E-state index contributed by atoms with van der Waals surface area (Å²) in [6, 6.07) is 0. The van der Waals surface area contributed by atoms with Gasteiger partial charge in [0.2, 0.25) is 0 Å². The van der Waals surface area contributed by atoms with Crippen LogP contribution >= 0.6 is 0 Å². The van der Waals surface area contributed by atoms with Crippen LogP contribution in [0.1, 0.15) is 32.6 Å². The Bertz CT molecular complexity index is 435. The van der Waals surface area contributed by atoms with Gasteiger partial charge in [-0.3, -0.25) is 0 Å². The van der Waals surface area contributed by atoms with Crippen LogP contribution in [0.4, 0.5) is 0 Å². The summed E-state index contributed by atoms with van der Waals surface area (Å²) in [6.07, 6.45) is 3.24. The summed E-state index contributed by atoms with van der Waals surface area (Å²) < 4.78 is 5.38. The van der Waals surface area contributed by atoms with Crippen LogP contribution in [0.15, 0.2) is 24.3 Å². The summed E-state index contributed by atoms with van der Waals surface area (Å²) in [5.74, 6) is 0.353. The fourth-order valence-corrected chi connectivity index (χ4v) is 4.01. The first-order valence-electron chi connectivity index (χ1n) is 6.70. The van der Waals surface area contributed by atoms with Crippen molar-refractivity contribution in [2.75, 3.05) is 0 Å².